The number of pyridine rings is 1. The molecule has 0 atom stereocenters. The van der Waals surface area contributed by atoms with Gasteiger partial charge >= 0.3 is 6.36 Å². The molecule has 1 N–H and O–H groups in total. The van der Waals surface area contributed by atoms with Gasteiger partial charge in [-0.25, -0.2) is 0 Å². The third kappa shape index (κ3) is 4.40. The highest BCUT2D eigenvalue weighted by Gasteiger charge is 2.31. The second kappa shape index (κ2) is 7.22. The van der Waals surface area contributed by atoms with Gasteiger partial charge in [0, 0.05) is 49.2 Å². The molecule has 0 radical (unpaired) electrons. The Balaban J connectivity index is 2.06. The van der Waals surface area contributed by atoms with Gasteiger partial charge < -0.3 is 10.1 Å². The molecule has 0 saturated heterocycles. The zero-order valence-electron chi connectivity index (χ0n) is 14.8. The number of halogens is 3. The van der Waals surface area contributed by atoms with Crippen molar-refractivity contribution < 1.29 is 22.7 Å². The summed E-state index contributed by atoms with van der Waals surface area (Å²) in [6.45, 7) is 1.32. The fourth-order valence-electron chi connectivity index (χ4n) is 2.63. The fraction of sp³-hybridized carbons (Fsp3) is 0.167. The highest BCUT2D eigenvalue weighted by molar-refractivity contribution is 5.93. The molecular formula is C18H15F3N4O3. The molecule has 0 saturated carbocycles. The lowest BCUT2D eigenvalue weighted by Crippen LogP contribution is -2.20. The predicted octanol–water partition coefficient (Wildman–Crippen LogP) is 3.10. The molecule has 2 aromatic heterocycles. The summed E-state index contributed by atoms with van der Waals surface area (Å²) in [7, 11) is 1.72. The van der Waals surface area contributed by atoms with E-state index in [0.29, 0.717) is 22.5 Å². The highest BCUT2D eigenvalue weighted by atomic mass is 19.4. The maximum Gasteiger partial charge on any atom is 0.573 e. The van der Waals surface area contributed by atoms with Gasteiger partial charge in [-0.3, -0.25) is 18.8 Å². The lowest BCUT2D eigenvalue weighted by Gasteiger charge is -2.14. The monoisotopic (exact) mass is 392 g/mol. The molecule has 146 valence electrons. The Labute approximate surface area is 157 Å². The lowest BCUT2D eigenvalue weighted by atomic mass is 10.1. The first-order chi connectivity index (χ1) is 13.1. The molecular weight excluding hydrogens is 377 g/mol. The quantitative estimate of drug-likeness (QED) is 0.740. The van der Waals surface area contributed by atoms with Crippen molar-refractivity contribution in [2.75, 3.05) is 5.32 Å². The van der Waals surface area contributed by atoms with Crippen LogP contribution in [-0.4, -0.2) is 26.6 Å². The van der Waals surface area contributed by atoms with Crippen molar-refractivity contribution in [3.63, 3.8) is 0 Å². The number of carbonyl (C=O) groups is 1. The number of hydrogen-bond donors (Lipinski definition) is 1. The molecule has 3 aromatic rings. The van der Waals surface area contributed by atoms with E-state index in [1.807, 2.05) is 0 Å². The van der Waals surface area contributed by atoms with Gasteiger partial charge in [0.1, 0.15) is 5.75 Å². The van der Waals surface area contributed by atoms with Crippen LogP contribution in [0.1, 0.15) is 6.92 Å². The Kier molecular flexibility index (Phi) is 4.95. The molecule has 0 aliphatic rings. The van der Waals surface area contributed by atoms with Gasteiger partial charge in [-0.15, -0.1) is 13.2 Å². The van der Waals surface area contributed by atoms with Crippen molar-refractivity contribution in [3.05, 3.63) is 59.3 Å². The van der Waals surface area contributed by atoms with Crippen LogP contribution in [0.25, 0.3) is 16.8 Å². The predicted molar refractivity (Wildman–Crippen MR) is 95.2 cm³/mol. The van der Waals surface area contributed by atoms with Gasteiger partial charge in [0.2, 0.25) is 5.91 Å². The van der Waals surface area contributed by atoms with E-state index in [-0.39, 0.29) is 5.91 Å². The summed E-state index contributed by atoms with van der Waals surface area (Å²) in [6.07, 6.45) is -0.0401. The molecule has 28 heavy (non-hydrogen) atoms. The minimum absolute atomic E-state index is 0.304. The smallest absolute Gasteiger partial charge is 0.406 e. The first-order valence-corrected chi connectivity index (χ1v) is 8.02. The van der Waals surface area contributed by atoms with Gasteiger partial charge in [-0.2, -0.15) is 5.10 Å². The van der Waals surface area contributed by atoms with Crippen LogP contribution in [0.3, 0.4) is 0 Å². The third-order valence-corrected chi connectivity index (χ3v) is 3.73. The second-order valence-corrected chi connectivity index (χ2v) is 5.93. The van der Waals surface area contributed by atoms with Crippen molar-refractivity contribution in [2.45, 2.75) is 13.3 Å². The van der Waals surface area contributed by atoms with Crippen LogP contribution in [0.15, 0.2) is 53.7 Å². The van der Waals surface area contributed by atoms with E-state index in [4.69, 9.17) is 0 Å². The number of hydrogen-bond acceptors (Lipinski definition) is 4. The number of aryl methyl sites for hydroxylation is 1. The maximum atomic E-state index is 12.5. The Morgan fingerprint density at radius 2 is 1.86 bits per heavy atom. The number of alkyl halides is 3. The van der Waals surface area contributed by atoms with E-state index in [1.165, 1.54) is 35.9 Å². The van der Waals surface area contributed by atoms with Crippen LogP contribution in [0.5, 0.6) is 5.75 Å². The van der Waals surface area contributed by atoms with Gasteiger partial charge in [-0.1, -0.05) is 0 Å². The summed E-state index contributed by atoms with van der Waals surface area (Å²) < 4.78 is 43.6. The standard InChI is InChI=1S/C18H15F3N4O3/c1-11(26)23-16-7-17(27)25(10-15(16)12-8-22-24(2)9-12)13-3-5-14(6-4-13)28-18(19,20)21/h3-10H,1-2H3,(H,23,26). The van der Waals surface area contributed by atoms with Crippen molar-refractivity contribution in [1.82, 2.24) is 14.3 Å². The molecule has 0 fully saturated rings. The number of rotatable bonds is 4. The van der Waals surface area contributed by atoms with Crippen LogP contribution >= 0.6 is 0 Å². The van der Waals surface area contributed by atoms with Crippen LogP contribution in [0.4, 0.5) is 18.9 Å². The Morgan fingerprint density at radius 1 is 1.18 bits per heavy atom. The molecule has 7 nitrogen and oxygen atoms in total. The topological polar surface area (TPSA) is 78.2 Å². The number of anilines is 1. The molecule has 1 aromatic carbocycles. The second-order valence-electron chi connectivity index (χ2n) is 5.93. The van der Waals surface area contributed by atoms with Gasteiger partial charge in [0.15, 0.2) is 0 Å². The summed E-state index contributed by atoms with van der Waals surface area (Å²) in [5, 5.41) is 6.68. The van der Waals surface area contributed by atoms with E-state index in [2.05, 4.69) is 15.2 Å². The van der Waals surface area contributed by atoms with E-state index < -0.39 is 17.7 Å². The molecule has 2 heterocycles. The van der Waals surface area contributed by atoms with Crippen molar-refractivity contribution in [1.29, 1.82) is 0 Å². The molecule has 0 aliphatic carbocycles. The number of ether oxygens (including phenoxy) is 1. The molecule has 0 spiro atoms. The summed E-state index contributed by atoms with van der Waals surface area (Å²) in [4.78, 5) is 24.0. The fourth-order valence-corrected chi connectivity index (χ4v) is 2.63. The summed E-state index contributed by atoms with van der Waals surface area (Å²) in [5.74, 6) is -0.748. The number of carbonyl (C=O) groups excluding carboxylic acids is 1. The zero-order chi connectivity index (χ0) is 20.5. The Morgan fingerprint density at radius 3 is 2.39 bits per heavy atom. The SMILES string of the molecule is CC(=O)Nc1cc(=O)n(-c2ccc(OC(F)(F)F)cc2)cc1-c1cnn(C)c1. The maximum absolute atomic E-state index is 12.5. The highest BCUT2D eigenvalue weighted by Crippen LogP contribution is 2.28. The minimum Gasteiger partial charge on any atom is -0.406 e. The molecule has 10 heteroatoms. The third-order valence-electron chi connectivity index (χ3n) is 3.73. The van der Waals surface area contributed by atoms with E-state index in [9.17, 15) is 22.8 Å². The molecule has 0 bridgehead atoms. The van der Waals surface area contributed by atoms with E-state index in [1.54, 1.807) is 24.1 Å². The van der Waals surface area contributed by atoms with Gasteiger partial charge in [0.05, 0.1) is 11.9 Å². The number of nitrogens with one attached hydrogen (secondary N) is 1. The largest absolute Gasteiger partial charge is 0.573 e. The average Bonchev–Trinajstić information content (AvgIpc) is 3.00. The summed E-state index contributed by atoms with van der Waals surface area (Å²) in [5.41, 5.74) is 1.34. The van der Waals surface area contributed by atoms with E-state index >= 15 is 0 Å². The molecule has 0 aliphatic heterocycles. The minimum atomic E-state index is -4.80. The van der Waals surface area contributed by atoms with Crippen LogP contribution in [0, 0.1) is 0 Å². The van der Waals surface area contributed by atoms with Crippen LogP contribution in [-0.2, 0) is 11.8 Å². The molecule has 3 rings (SSSR count). The number of amides is 1. The van der Waals surface area contributed by atoms with Crippen LogP contribution < -0.4 is 15.6 Å². The normalized spacial score (nSPS) is 11.3. The zero-order valence-corrected chi connectivity index (χ0v) is 14.8. The number of benzene rings is 1. The molecule has 0 unspecified atom stereocenters. The van der Waals surface area contributed by atoms with Crippen molar-refractivity contribution in [3.8, 4) is 22.6 Å². The average molecular weight is 392 g/mol. The Hall–Kier alpha value is -3.56. The van der Waals surface area contributed by atoms with Gasteiger partial charge in [0.25, 0.3) is 5.56 Å². The number of aromatic nitrogens is 3. The summed E-state index contributed by atoms with van der Waals surface area (Å²) >= 11 is 0. The Bertz CT molecular complexity index is 1070. The first-order valence-electron chi connectivity index (χ1n) is 8.02. The van der Waals surface area contributed by atoms with Gasteiger partial charge in [-0.05, 0) is 24.3 Å². The van der Waals surface area contributed by atoms with E-state index in [0.717, 1.165) is 12.1 Å². The first kappa shape index (κ1) is 19.2. The molecule has 1 amide bonds. The number of nitrogens with zero attached hydrogens (tertiary/aromatic N) is 3. The van der Waals surface area contributed by atoms with Crippen molar-refractivity contribution >= 4 is 11.6 Å². The lowest BCUT2D eigenvalue weighted by molar-refractivity contribution is -0.274. The van der Waals surface area contributed by atoms with Crippen LogP contribution in [0.2, 0.25) is 0 Å². The van der Waals surface area contributed by atoms with Crippen molar-refractivity contribution in [2.24, 2.45) is 7.05 Å². The summed E-state index contributed by atoms with van der Waals surface area (Å²) in [6, 6.07) is 6.12.